The molecule has 2 aliphatic heterocycles. The van der Waals surface area contributed by atoms with Gasteiger partial charge in [0, 0.05) is 24.5 Å². The van der Waals surface area contributed by atoms with Crippen LogP contribution in [0.2, 0.25) is 36.3 Å². The molecule has 0 radical (unpaired) electrons. The number of hydrogen-bond acceptors (Lipinski definition) is 14. The summed E-state index contributed by atoms with van der Waals surface area (Å²) in [5.41, 5.74) is -6.36. The number of aliphatic hydroxyl groups is 2. The lowest BCUT2D eigenvalue weighted by molar-refractivity contribution is -0.0545. The van der Waals surface area contributed by atoms with E-state index in [0.717, 1.165) is 9.13 Å². The molecule has 4 rings (SSSR count). The second kappa shape index (κ2) is 15.3. The SMILES string of the molecule is CC(C)(C)[Si](C)(C)OC1C(O)C(COP(=S)([S-])OC2C(CO)OC(n3ccc(=O)[nH]c3=O)C2O[Si](C)(C)C(C)(C)C)OC1n1ccc(=O)[nH]c1=O. The van der Waals surface area contributed by atoms with E-state index in [1.807, 2.05) is 67.7 Å². The Morgan fingerprint density at radius 2 is 1.25 bits per heavy atom. The Bertz CT molecular complexity index is 1840. The Morgan fingerprint density at radius 3 is 1.69 bits per heavy atom. The van der Waals surface area contributed by atoms with E-state index in [0.29, 0.717) is 0 Å². The Balaban J connectivity index is 1.62. The zero-order chi connectivity index (χ0) is 38.5. The zero-order valence-corrected chi connectivity index (χ0v) is 35.0. The highest BCUT2D eigenvalue weighted by atomic mass is 32.9. The summed E-state index contributed by atoms with van der Waals surface area (Å²) in [4.78, 5) is 53.7. The van der Waals surface area contributed by atoms with Crippen LogP contribution in [0.15, 0.2) is 43.7 Å². The van der Waals surface area contributed by atoms with Crippen molar-refractivity contribution in [1.29, 1.82) is 0 Å². The quantitative estimate of drug-likeness (QED) is 0.138. The largest absolute Gasteiger partial charge is 0.691 e. The summed E-state index contributed by atoms with van der Waals surface area (Å²) in [5, 5.41) is 21.4. The highest BCUT2D eigenvalue weighted by molar-refractivity contribution is 8.51. The molecule has 4 N–H and O–H groups in total. The van der Waals surface area contributed by atoms with Gasteiger partial charge in [0.15, 0.2) is 29.1 Å². The molecule has 288 valence electrons. The van der Waals surface area contributed by atoms with Gasteiger partial charge in [-0.25, -0.2) is 9.59 Å². The van der Waals surface area contributed by atoms with Crippen LogP contribution in [-0.2, 0) is 51.4 Å². The number of aromatic nitrogens is 4. The second-order valence-corrected chi connectivity index (χ2v) is 30.3. The predicted octanol–water partition coefficient (Wildman–Crippen LogP) is 2.19. The Labute approximate surface area is 308 Å². The third-order valence-corrected chi connectivity index (χ3v) is 21.2. The Kier molecular flexibility index (Phi) is 12.7. The standard InChI is InChI=1S/C30H51N4O12PS2Si2/c1-29(2,3)50(7,8)45-23-21(38)18(43-25(23)33-13-11-19(36)31-27(33)39)16-41-47(48,49)44-22-17(15-35)42-26(34-14-12-20(37)32-28(34)40)24(22)46-51(9,10)30(4,5)6/h11-14,17-18,21-26,35,38H,15-16H2,1-10H3,(H,48,49)(H,31,36,39)(H,32,37,40)/p-1. The van der Waals surface area contributed by atoms with Crippen LogP contribution in [0.1, 0.15) is 54.0 Å². The number of aliphatic hydroxyl groups excluding tert-OH is 2. The average molecular weight is 810 g/mol. The lowest BCUT2D eigenvalue weighted by atomic mass is 10.1. The fourth-order valence-corrected chi connectivity index (χ4v) is 9.65. The maximum absolute atomic E-state index is 12.9. The van der Waals surface area contributed by atoms with E-state index in [-0.39, 0.29) is 16.7 Å². The van der Waals surface area contributed by atoms with E-state index < -0.39 is 101 Å². The van der Waals surface area contributed by atoms with Crippen LogP contribution in [0.4, 0.5) is 0 Å². The van der Waals surface area contributed by atoms with Crippen molar-refractivity contribution >= 4 is 46.4 Å². The maximum Gasteiger partial charge on any atom is 0.330 e. The van der Waals surface area contributed by atoms with Crippen LogP contribution >= 0.6 is 5.69 Å². The normalized spacial score (nSPS) is 29.0. The molecule has 16 nitrogen and oxygen atoms in total. The van der Waals surface area contributed by atoms with Gasteiger partial charge in [0.1, 0.15) is 36.6 Å². The molecule has 0 amide bonds. The first-order valence-corrected chi connectivity index (χ1v) is 26.0. The van der Waals surface area contributed by atoms with E-state index >= 15 is 0 Å². The molecule has 2 aromatic heterocycles. The van der Waals surface area contributed by atoms with Crippen LogP contribution in [0.25, 0.3) is 0 Å². The lowest BCUT2D eigenvalue weighted by Gasteiger charge is -2.42. The van der Waals surface area contributed by atoms with E-state index in [1.54, 1.807) is 0 Å². The van der Waals surface area contributed by atoms with Crippen LogP contribution in [-0.4, -0.2) is 95.8 Å². The third kappa shape index (κ3) is 9.41. The molecule has 2 saturated heterocycles. The summed E-state index contributed by atoms with van der Waals surface area (Å²) in [6.45, 7) is 19.2. The highest BCUT2D eigenvalue weighted by Crippen LogP contribution is 2.53. The minimum absolute atomic E-state index is 0.259. The molecule has 9 unspecified atom stereocenters. The fourth-order valence-electron chi connectivity index (χ4n) is 5.17. The van der Waals surface area contributed by atoms with Gasteiger partial charge in [0.2, 0.25) is 0 Å². The van der Waals surface area contributed by atoms with Crippen molar-refractivity contribution in [3.63, 3.8) is 0 Å². The second-order valence-electron chi connectivity index (χ2n) is 15.8. The number of nitrogens with zero attached hydrogens (tertiary/aromatic N) is 2. The molecule has 0 spiro atoms. The number of hydrogen-bond donors (Lipinski definition) is 4. The van der Waals surface area contributed by atoms with Crippen LogP contribution in [0, 0.1) is 0 Å². The molecule has 0 aliphatic carbocycles. The molecule has 0 bridgehead atoms. The summed E-state index contributed by atoms with van der Waals surface area (Å²) in [7, 11) is -5.15. The topological polar surface area (TPSA) is 206 Å². The molecule has 0 saturated carbocycles. The van der Waals surface area contributed by atoms with Crippen LogP contribution in [0.5, 0.6) is 0 Å². The molecule has 51 heavy (non-hydrogen) atoms. The molecule has 2 aliphatic rings. The summed E-state index contributed by atoms with van der Waals surface area (Å²) in [6, 6.07) is 2.33. The number of ether oxygens (including phenoxy) is 2. The van der Waals surface area contributed by atoms with Gasteiger partial charge in [-0.1, -0.05) is 53.3 Å². The molecule has 9 atom stereocenters. The molecule has 21 heteroatoms. The highest BCUT2D eigenvalue weighted by Gasteiger charge is 2.53. The summed E-state index contributed by atoms with van der Waals surface area (Å²) in [5.74, 6) is 0. The summed E-state index contributed by atoms with van der Waals surface area (Å²) >= 11 is 11.3. The van der Waals surface area contributed by atoms with Gasteiger partial charge in [-0.3, -0.25) is 28.7 Å². The third-order valence-electron chi connectivity index (χ3n) is 10.2. The van der Waals surface area contributed by atoms with Gasteiger partial charge < -0.3 is 49.8 Å². The van der Waals surface area contributed by atoms with E-state index in [2.05, 4.69) is 9.97 Å². The molecular weight excluding hydrogens is 760 g/mol. The number of nitrogens with one attached hydrogen (secondary N) is 2. The zero-order valence-electron chi connectivity index (χ0n) is 30.5. The van der Waals surface area contributed by atoms with Crippen molar-refractivity contribution in [2.24, 2.45) is 0 Å². The van der Waals surface area contributed by atoms with Crippen LogP contribution < -0.4 is 22.5 Å². The van der Waals surface area contributed by atoms with Gasteiger partial charge in [-0.15, -0.1) is 0 Å². The van der Waals surface area contributed by atoms with E-state index in [9.17, 15) is 29.4 Å². The first-order valence-electron chi connectivity index (χ1n) is 16.5. The maximum atomic E-state index is 12.9. The minimum Gasteiger partial charge on any atom is -0.691 e. The number of rotatable bonds is 12. The molecular formula is C30H50N4O12PS2Si2-. The van der Waals surface area contributed by atoms with Gasteiger partial charge in [-0.05, 0) is 36.3 Å². The lowest BCUT2D eigenvalue weighted by Crippen LogP contribution is -2.50. The van der Waals surface area contributed by atoms with Gasteiger partial charge >= 0.3 is 11.4 Å². The van der Waals surface area contributed by atoms with Crippen molar-refractivity contribution in [2.45, 2.75) is 127 Å². The minimum atomic E-state index is -3.67. The smallest absolute Gasteiger partial charge is 0.330 e. The van der Waals surface area contributed by atoms with Crippen LogP contribution in [0.3, 0.4) is 0 Å². The van der Waals surface area contributed by atoms with Crippen molar-refractivity contribution in [2.75, 3.05) is 13.2 Å². The first-order chi connectivity index (χ1) is 23.3. The summed E-state index contributed by atoms with van der Waals surface area (Å²) in [6.07, 6.45) is -6.28. The van der Waals surface area contributed by atoms with Gasteiger partial charge in [0.05, 0.1) is 18.9 Å². The molecule has 0 aromatic carbocycles. The summed E-state index contributed by atoms with van der Waals surface area (Å²) < 4.78 is 40.1. The van der Waals surface area contributed by atoms with Crippen molar-refractivity contribution in [1.82, 2.24) is 19.1 Å². The van der Waals surface area contributed by atoms with E-state index in [4.69, 9.17) is 51.4 Å². The molecule has 2 fully saturated rings. The van der Waals surface area contributed by atoms with Crippen molar-refractivity contribution in [3.05, 3.63) is 66.2 Å². The molecule has 2 aromatic rings. The van der Waals surface area contributed by atoms with Crippen molar-refractivity contribution in [3.8, 4) is 0 Å². The fraction of sp³-hybridized carbons (Fsp3) is 0.733. The molecule has 4 heterocycles. The Morgan fingerprint density at radius 1 is 0.824 bits per heavy atom. The first kappa shape index (κ1) is 42.2. The van der Waals surface area contributed by atoms with Gasteiger partial charge in [-0.2, -0.15) is 0 Å². The average Bonchev–Trinajstić information content (AvgIpc) is 3.46. The van der Waals surface area contributed by atoms with Gasteiger partial charge in [0.25, 0.3) is 11.1 Å². The van der Waals surface area contributed by atoms with E-state index in [1.165, 1.54) is 24.5 Å². The predicted molar refractivity (Wildman–Crippen MR) is 200 cm³/mol. The number of H-pyrrole nitrogens is 2. The van der Waals surface area contributed by atoms with Crippen molar-refractivity contribution < 1.29 is 37.6 Å². The Hall–Kier alpha value is -1.53. The monoisotopic (exact) mass is 809 g/mol. The number of aromatic amines is 2.